The molecule has 1 heterocycles. The molecule has 0 bridgehead atoms. The number of hydrogen-bond donors (Lipinski definition) is 1. The van der Waals surface area contributed by atoms with Gasteiger partial charge in [0.25, 0.3) is 0 Å². The maximum Gasteiger partial charge on any atom is 0.0724 e. The zero-order chi connectivity index (χ0) is 5.98. The van der Waals surface area contributed by atoms with Gasteiger partial charge in [-0.3, -0.25) is 0 Å². The summed E-state index contributed by atoms with van der Waals surface area (Å²) in [5.74, 6) is 0. The van der Waals surface area contributed by atoms with Crippen molar-refractivity contribution >= 4 is 0 Å². The van der Waals surface area contributed by atoms with Crippen LogP contribution in [-0.4, -0.2) is 18.8 Å². The van der Waals surface area contributed by atoms with Gasteiger partial charge < -0.3 is 10.5 Å². The Hall–Kier alpha value is -0.0800. The summed E-state index contributed by atoms with van der Waals surface area (Å²) in [7, 11) is 0. The lowest BCUT2D eigenvalue weighted by Crippen LogP contribution is -2.30. The number of rotatable bonds is 1. The highest BCUT2D eigenvalue weighted by atomic mass is 16.5. The predicted molar refractivity (Wildman–Crippen MR) is 32.6 cm³/mol. The smallest absolute Gasteiger partial charge is 0.0724 e. The van der Waals surface area contributed by atoms with Crippen molar-refractivity contribution in [3.63, 3.8) is 0 Å². The Morgan fingerprint density at radius 2 is 2.50 bits per heavy atom. The molecular weight excluding hydrogens is 102 g/mol. The first kappa shape index (κ1) is 6.05. The third-order valence-electron chi connectivity index (χ3n) is 1.55. The Kier molecular flexibility index (Phi) is 1.86. The van der Waals surface area contributed by atoms with E-state index in [-0.39, 0.29) is 6.04 Å². The van der Waals surface area contributed by atoms with Gasteiger partial charge in [0.2, 0.25) is 0 Å². The highest BCUT2D eigenvalue weighted by molar-refractivity contribution is 4.72. The fraction of sp³-hybridized carbons (Fsp3) is 1.00. The molecule has 1 aliphatic rings. The van der Waals surface area contributed by atoms with Crippen LogP contribution in [0.15, 0.2) is 0 Å². The van der Waals surface area contributed by atoms with E-state index in [0.29, 0.717) is 6.10 Å². The molecule has 2 N–H and O–H groups in total. The van der Waals surface area contributed by atoms with Gasteiger partial charge in [-0.15, -0.1) is 0 Å². The molecule has 8 heavy (non-hydrogen) atoms. The van der Waals surface area contributed by atoms with Crippen LogP contribution in [0.5, 0.6) is 0 Å². The van der Waals surface area contributed by atoms with Crippen LogP contribution >= 0.6 is 0 Å². The Balaban J connectivity index is 2.24. The molecule has 0 spiro atoms. The summed E-state index contributed by atoms with van der Waals surface area (Å²) in [5.41, 5.74) is 5.57. The molecule has 1 rings (SSSR count). The van der Waals surface area contributed by atoms with E-state index in [1.54, 1.807) is 0 Å². The van der Waals surface area contributed by atoms with E-state index in [9.17, 15) is 0 Å². The second-order valence-electron chi connectivity index (χ2n) is 2.41. The van der Waals surface area contributed by atoms with E-state index >= 15 is 0 Å². The number of ether oxygens (including phenoxy) is 1. The van der Waals surface area contributed by atoms with Crippen molar-refractivity contribution in [3.05, 3.63) is 0 Å². The summed E-state index contributed by atoms with van der Waals surface area (Å²) in [5, 5.41) is 0. The number of hydrogen-bond acceptors (Lipinski definition) is 2. The zero-order valence-electron chi connectivity index (χ0n) is 5.26. The third kappa shape index (κ3) is 1.20. The standard InChI is InChI=1S/C6H13NO/c1-5(7)6-3-2-4-8-6/h5-6H,2-4,7H2,1H3/t5-,6?/m1/s1. The van der Waals surface area contributed by atoms with Gasteiger partial charge in [0, 0.05) is 12.6 Å². The van der Waals surface area contributed by atoms with Crippen LogP contribution in [0.4, 0.5) is 0 Å². The third-order valence-corrected chi connectivity index (χ3v) is 1.55. The van der Waals surface area contributed by atoms with Crippen LogP contribution in [0.1, 0.15) is 19.8 Å². The average molecular weight is 115 g/mol. The summed E-state index contributed by atoms with van der Waals surface area (Å²) in [6, 6.07) is 0.220. The highest BCUT2D eigenvalue weighted by Gasteiger charge is 2.18. The summed E-state index contributed by atoms with van der Waals surface area (Å²) in [6.07, 6.45) is 2.68. The van der Waals surface area contributed by atoms with Crippen LogP contribution in [0.3, 0.4) is 0 Å². The van der Waals surface area contributed by atoms with Crippen LogP contribution < -0.4 is 5.73 Å². The lowest BCUT2D eigenvalue weighted by molar-refractivity contribution is 0.0947. The molecular formula is C6H13NO. The van der Waals surface area contributed by atoms with Crippen molar-refractivity contribution in [2.75, 3.05) is 6.61 Å². The SMILES string of the molecule is C[C@@H](N)C1CCCO1. The highest BCUT2D eigenvalue weighted by Crippen LogP contribution is 2.13. The Morgan fingerprint density at radius 3 is 2.75 bits per heavy atom. The largest absolute Gasteiger partial charge is 0.377 e. The molecule has 0 aliphatic carbocycles. The molecule has 1 saturated heterocycles. The van der Waals surface area contributed by atoms with E-state index < -0.39 is 0 Å². The maximum atomic E-state index is 5.57. The van der Waals surface area contributed by atoms with Crippen molar-refractivity contribution in [1.29, 1.82) is 0 Å². The van der Waals surface area contributed by atoms with Crippen molar-refractivity contribution < 1.29 is 4.74 Å². The van der Waals surface area contributed by atoms with Crippen molar-refractivity contribution in [1.82, 2.24) is 0 Å². The molecule has 0 saturated carbocycles. The van der Waals surface area contributed by atoms with E-state index in [4.69, 9.17) is 10.5 Å². The molecule has 2 atom stereocenters. The van der Waals surface area contributed by atoms with Gasteiger partial charge in [-0.05, 0) is 19.8 Å². The van der Waals surface area contributed by atoms with Crippen molar-refractivity contribution in [2.45, 2.75) is 31.9 Å². The second-order valence-corrected chi connectivity index (χ2v) is 2.41. The van der Waals surface area contributed by atoms with Crippen LogP contribution in [0.2, 0.25) is 0 Å². The van der Waals surface area contributed by atoms with Crippen LogP contribution in [-0.2, 0) is 4.74 Å². The first-order chi connectivity index (χ1) is 3.80. The normalized spacial score (nSPS) is 33.0. The average Bonchev–Trinajstić information content (AvgIpc) is 2.12. The molecule has 0 aromatic rings. The minimum atomic E-state index is 0.220. The van der Waals surface area contributed by atoms with Crippen molar-refractivity contribution in [3.8, 4) is 0 Å². The second kappa shape index (κ2) is 2.46. The summed E-state index contributed by atoms with van der Waals surface area (Å²) in [4.78, 5) is 0. The summed E-state index contributed by atoms with van der Waals surface area (Å²) < 4.78 is 5.29. The van der Waals surface area contributed by atoms with E-state index in [1.807, 2.05) is 6.92 Å². The molecule has 0 aromatic heterocycles. The van der Waals surface area contributed by atoms with E-state index in [0.717, 1.165) is 13.0 Å². The van der Waals surface area contributed by atoms with E-state index in [2.05, 4.69) is 0 Å². The van der Waals surface area contributed by atoms with Crippen molar-refractivity contribution in [2.24, 2.45) is 5.73 Å². The van der Waals surface area contributed by atoms with Gasteiger partial charge in [0.1, 0.15) is 0 Å². The molecule has 0 radical (unpaired) electrons. The molecule has 0 aromatic carbocycles. The van der Waals surface area contributed by atoms with Gasteiger partial charge in [-0.2, -0.15) is 0 Å². The van der Waals surface area contributed by atoms with E-state index in [1.165, 1.54) is 6.42 Å². The first-order valence-electron chi connectivity index (χ1n) is 3.18. The summed E-state index contributed by atoms with van der Waals surface area (Å²) >= 11 is 0. The molecule has 1 aliphatic heterocycles. The monoisotopic (exact) mass is 115 g/mol. The number of nitrogens with two attached hydrogens (primary N) is 1. The predicted octanol–water partition coefficient (Wildman–Crippen LogP) is 0.513. The summed E-state index contributed by atoms with van der Waals surface area (Å²) in [6.45, 7) is 2.90. The Bertz CT molecular complexity index is 66.9. The minimum absolute atomic E-state index is 0.220. The topological polar surface area (TPSA) is 35.2 Å². The van der Waals surface area contributed by atoms with Gasteiger partial charge in [-0.1, -0.05) is 0 Å². The lowest BCUT2D eigenvalue weighted by Gasteiger charge is -2.11. The van der Waals surface area contributed by atoms with Crippen LogP contribution in [0, 0.1) is 0 Å². The van der Waals surface area contributed by atoms with Gasteiger partial charge in [0.15, 0.2) is 0 Å². The molecule has 48 valence electrons. The lowest BCUT2D eigenvalue weighted by atomic mass is 10.1. The Labute approximate surface area is 50.0 Å². The van der Waals surface area contributed by atoms with Gasteiger partial charge in [0.05, 0.1) is 6.10 Å². The van der Waals surface area contributed by atoms with Crippen LogP contribution in [0.25, 0.3) is 0 Å². The quantitative estimate of drug-likeness (QED) is 0.540. The fourth-order valence-electron chi connectivity index (χ4n) is 1.02. The van der Waals surface area contributed by atoms with Gasteiger partial charge >= 0.3 is 0 Å². The van der Waals surface area contributed by atoms with Gasteiger partial charge in [-0.25, -0.2) is 0 Å². The Morgan fingerprint density at radius 1 is 1.75 bits per heavy atom. The molecule has 1 unspecified atom stereocenters. The molecule has 2 heteroatoms. The fourth-order valence-corrected chi connectivity index (χ4v) is 1.02. The maximum absolute atomic E-state index is 5.57. The molecule has 2 nitrogen and oxygen atoms in total. The first-order valence-corrected chi connectivity index (χ1v) is 3.18. The molecule has 0 amide bonds. The zero-order valence-corrected chi connectivity index (χ0v) is 5.26. The minimum Gasteiger partial charge on any atom is -0.377 e. The molecule has 1 fully saturated rings.